The Labute approximate surface area is 194 Å². The number of nitrogens with zero attached hydrogens (tertiary/aromatic N) is 8. The molecular formula is C21H18F6N8. The minimum absolute atomic E-state index is 0.160. The summed E-state index contributed by atoms with van der Waals surface area (Å²) >= 11 is 0. The lowest BCUT2D eigenvalue weighted by Crippen LogP contribution is -2.36. The average Bonchev–Trinajstić information content (AvgIpc) is 3.42. The first-order valence-corrected chi connectivity index (χ1v) is 10.6. The molecule has 1 saturated heterocycles. The fraction of sp³-hybridized carbons (Fsp3) is 0.381. The van der Waals surface area contributed by atoms with Crippen LogP contribution in [0.2, 0.25) is 0 Å². The molecule has 1 aliphatic heterocycles. The molecule has 8 nitrogen and oxygen atoms in total. The number of fused-ring (bicyclic) bond motifs is 1. The molecule has 1 fully saturated rings. The SMILES string of the molecule is Cn1cc(C(F)(F)F)nc1C1CCCN(c2ccnc(-c3cnc4cnc(C(F)(F)F)cn34)n2)C1. The second-order valence-corrected chi connectivity index (χ2v) is 8.26. The molecular weight excluding hydrogens is 478 g/mol. The lowest BCUT2D eigenvalue weighted by Gasteiger charge is -2.33. The normalized spacial score (nSPS) is 17.3. The molecule has 184 valence electrons. The average molecular weight is 496 g/mol. The van der Waals surface area contributed by atoms with Gasteiger partial charge in [0, 0.05) is 44.6 Å². The van der Waals surface area contributed by atoms with Crippen molar-refractivity contribution in [1.82, 2.24) is 33.9 Å². The van der Waals surface area contributed by atoms with Crippen LogP contribution in [0.5, 0.6) is 0 Å². The molecule has 0 amide bonds. The summed E-state index contributed by atoms with van der Waals surface area (Å²) in [6.07, 6.45) is -2.11. The summed E-state index contributed by atoms with van der Waals surface area (Å²) in [6.45, 7) is 0.993. The van der Waals surface area contributed by atoms with Crippen molar-refractivity contribution in [2.24, 2.45) is 7.05 Å². The van der Waals surface area contributed by atoms with E-state index in [4.69, 9.17) is 0 Å². The Morgan fingerprint density at radius 1 is 0.914 bits per heavy atom. The molecule has 0 spiro atoms. The summed E-state index contributed by atoms with van der Waals surface area (Å²) in [7, 11) is 1.54. The minimum atomic E-state index is -4.63. The van der Waals surface area contributed by atoms with E-state index in [1.165, 1.54) is 28.4 Å². The molecule has 0 aliphatic carbocycles. The Hall–Kier alpha value is -3.71. The first-order valence-electron chi connectivity index (χ1n) is 10.6. The van der Waals surface area contributed by atoms with Crippen LogP contribution in [-0.2, 0) is 19.4 Å². The third kappa shape index (κ3) is 4.39. The maximum atomic E-state index is 13.1. The van der Waals surface area contributed by atoms with Gasteiger partial charge in [0.15, 0.2) is 22.9 Å². The van der Waals surface area contributed by atoms with E-state index in [1.54, 1.807) is 6.07 Å². The third-order valence-corrected chi connectivity index (χ3v) is 5.87. The lowest BCUT2D eigenvalue weighted by molar-refractivity contribution is -0.142. The number of aryl methyl sites for hydroxylation is 1. The number of halogens is 6. The molecule has 0 aromatic carbocycles. The highest BCUT2D eigenvalue weighted by atomic mass is 19.4. The van der Waals surface area contributed by atoms with Crippen molar-refractivity contribution in [2.45, 2.75) is 31.1 Å². The molecule has 0 radical (unpaired) electrons. The molecule has 1 aliphatic rings. The molecule has 4 aromatic heterocycles. The van der Waals surface area contributed by atoms with Gasteiger partial charge < -0.3 is 9.47 Å². The van der Waals surface area contributed by atoms with Gasteiger partial charge in [0.2, 0.25) is 0 Å². The summed E-state index contributed by atoms with van der Waals surface area (Å²) in [5.74, 6) is 0.752. The molecule has 0 N–H and O–H groups in total. The highest BCUT2D eigenvalue weighted by molar-refractivity contribution is 5.58. The van der Waals surface area contributed by atoms with Crippen LogP contribution in [0.3, 0.4) is 0 Å². The molecule has 1 unspecified atom stereocenters. The van der Waals surface area contributed by atoms with Crippen LogP contribution in [-0.4, -0.2) is 47.0 Å². The highest BCUT2D eigenvalue weighted by Gasteiger charge is 2.36. The summed E-state index contributed by atoms with van der Waals surface area (Å²) in [5.41, 5.74) is -1.55. The van der Waals surface area contributed by atoms with Crippen LogP contribution in [0.4, 0.5) is 32.2 Å². The van der Waals surface area contributed by atoms with E-state index >= 15 is 0 Å². The first kappa shape index (κ1) is 23.1. The largest absolute Gasteiger partial charge is 0.434 e. The predicted octanol–water partition coefficient (Wildman–Crippen LogP) is 4.34. The Kier molecular flexibility index (Phi) is 5.40. The van der Waals surface area contributed by atoms with Crippen LogP contribution >= 0.6 is 0 Å². The quantitative estimate of drug-likeness (QED) is 0.393. The summed E-state index contributed by atoms with van der Waals surface area (Å²) in [6, 6.07) is 1.65. The molecule has 5 heterocycles. The van der Waals surface area contributed by atoms with Gasteiger partial charge in [0.05, 0.1) is 12.4 Å². The van der Waals surface area contributed by atoms with Gasteiger partial charge in [-0.2, -0.15) is 26.3 Å². The van der Waals surface area contributed by atoms with Crippen molar-refractivity contribution >= 4 is 11.5 Å². The number of alkyl halides is 6. The lowest BCUT2D eigenvalue weighted by atomic mass is 9.97. The van der Waals surface area contributed by atoms with E-state index < -0.39 is 23.7 Å². The number of aromatic nitrogens is 7. The second kappa shape index (κ2) is 8.20. The van der Waals surface area contributed by atoms with Crippen LogP contribution in [0, 0.1) is 0 Å². The van der Waals surface area contributed by atoms with E-state index in [1.807, 2.05) is 4.90 Å². The van der Waals surface area contributed by atoms with Gasteiger partial charge >= 0.3 is 12.4 Å². The fourth-order valence-corrected chi connectivity index (χ4v) is 4.24. The van der Waals surface area contributed by atoms with Gasteiger partial charge in [-0.3, -0.25) is 4.40 Å². The maximum absolute atomic E-state index is 13.1. The monoisotopic (exact) mass is 496 g/mol. The van der Waals surface area contributed by atoms with Crippen molar-refractivity contribution < 1.29 is 26.3 Å². The van der Waals surface area contributed by atoms with Crippen molar-refractivity contribution in [2.75, 3.05) is 18.0 Å². The number of anilines is 1. The number of hydrogen-bond donors (Lipinski definition) is 0. The Morgan fingerprint density at radius 3 is 2.40 bits per heavy atom. The van der Waals surface area contributed by atoms with Crippen molar-refractivity contribution in [3.05, 3.63) is 54.3 Å². The van der Waals surface area contributed by atoms with Crippen molar-refractivity contribution in [1.29, 1.82) is 0 Å². The molecule has 4 aromatic rings. The number of rotatable bonds is 3. The number of hydrogen-bond acceptors (Lipinski definition) is 6. The van der Waals surface area contributed by atoms with Gasteiger partial charge in [0.25, 0.3) is 0 Å². The fourth-order valence-electron chi connectivity index (χ4n) is 4.24. The zero-order valence-corrected chi connectivity index (χ0v) is 18.2. The standard InChI is InChI=1S/C21H18F6N8/c1-33-10-15(21(25,26)27)31-19(33)12-3-2-6-34(9-12)16-4-5-28-18(32-16)13-7-30-17-8-29-14(11-35(13)17)20(22,23)24/h4-5,7-8,10-12H,2-3,6,9H2,1H3. The zero-order valence-electron chi connectivity index (χ0n) is 18.2. The predicted molar refractivity (Wildman–Crippen MR) is 111 cm³/mol. The van der Waals surface area contributed by atoms with Gasteiger partial charge in [-0.25, -0.2) is 24.9 Å². The Bertz CT molecular complexity index is 1370. The Balaban J connectivity index is 1.44. The smallest absolute Gasteiger partial charge is 0.356 e. The maximum Gasteiger partial charge on any atom is 0.434 e. The van der Waals surface area contributed by atoms with E-state index in [2.05, 4.69) is 24.9 Å². The van der Waals surface area contributed by atoms with E-state index in [-0.39, 0.29) is 23.1 Å². The van der Waals surface area contributed by atoms with Crippen LogP contribution in [0.25, 0.3) is 17.2 Å². The molecule has 1 atom stereocenters. The van der Waals surface area contributed by atoms with Gasteiger partial charge in [-0.05, 0) is 18.9 Å². The first-order chi connectivity index (χ1) is 16.5. The van der Waals surface area contributed by atoms with E-state index in [9.17, 15) is 26.3 Å². The van der Waals surface area contributed by atoms with Crippen LogP contribution in [0.1, 0.15) is 36.0 Å². The topological polar surface area (TPSA) is 77.0 Å². The van der Waals surface area contributed by atoms with Crippen LogP contribution in [0.15, 0.2) is 37.1 Å². The summed E-state index contributed by atoms with van der Waals surface area (Å²) < 4.78 is 81.3. The molecule has 0 saturated carbocycles. The Morgan fingerprint density at radius 2 is 1.69 bits per heavy atom. The molecule has 35 heavy (non-hydrogen) atoms. The van der Waals surface area contributed by atoms with Crippen LogP contribution < -0.4 is 4.90 Å². The number of imidazole rings is 2. The van der Waals surface area contributed by atoms with Crippen molar-refractivity contribution in [3.63, 3.8) is 0 Å². The van der Waals surface area contributed by atoms with Gasteiger partial charge in [-0.15, -0.1) is 0 Å². The van der Waals surface area contributed by atoms with E-state index in [0.29, 0.717) is 37.6 Å². The highest BCUT2D eigenvalue weighted by Crippen LogP contribution is 2.34. The minimum Gasteiger partial charge on any atom is -0.356 e. The molecule has 0 bridgehead atoms. The van der Waals surface area contributed by atoms with Gasteiger partial charge in [0.1, 0.15) is 17.3 Å². The molecule has 5 rings (SSSR count). The van der Waals surface area contributed by atoms with Gasteiger partial charge in [-0.1, -0.05) is 0 Å². The second-order valence-electron chi connectivity index (χ2n) is 8.26. The number of piperidine rings is 1. The van der Waals surface area contributed by atoms with E-state index in [0.717, 1.165) is 18.6 Å². The van der Waals surface area contributed by atoms with Crippen molar-refractivity contribution in [3.8, 4) is 11.5 Å². The zero-order chi connectivity index (χ0) is 25.0. The third-order valence-electron chi connectivity index (χ3n) is 5.87. The summed E-state index contributed by atoms with van der Waals surface area (Å²) in [5, 5.41) is 0. The molecule has 14 heteroatoms. The summed E-state index contributed by atoms with van der Waals surface area (Å²) in [4.78, 5) is 21.9.